The average molecular weight is 321 g/mol. The Morgan fingerprint density at radius 2 is 1.78 bits per heavy atom. The summed E-state index contributed by atoms with van der Waals surface area (Å²) in [6.07, 6.45) is 0. The number of benzene rings is 1. The molecule has 0 aliphatic carbocycles. The Balaban J connectivity index is 1.72. The zero-order valence-electron chi connectivity index (χ0n) is 13.7. The number of hydrogen-bond donors (Lipinski definition) is 3. The van der Waals surface area contributed by atoms with Crippen LogP contribution in [0.15, 0.2) is 24.3 Å². The van der Waals surface area contributed by atoms with Crippen LogP contribution < -0.4 is 20.4 Å². The van der Waals surface area contributed by atoms with E-state index < -0.39 is 11.8 Å². The second-order valence-corrected chi connectivity index (χ2v) is 5.76. The molecule has 1 aliphatic heterocycles. The highest BCUT2D eigenvalue weighted by molar-refractivity contribution is 6.39. The Bertz CT molecular complexity index is 525. The van der Waals surface area contributed by atoms with E-state index in [1.807, 2.05) is 31.1 Å². The number of nitrogens with one attached hydrogen (secondary N) is 3. The summed E-state index contributed by atoms with van der Waals surface area (Å²) in [6, 6.07) is 7.32. The van der Waals surface area contributed by atoms with Crippen LogP contribution in [0.4, 0.5) is 11.4 Å². The minimum atomic E-state index is -0.639. The van der Waals surface area contributed by atoms with Crippen LogP contribution in [0.25, 0.3) is 0 Å². The summed E-state index contributed by atoms with van der Waals surface area (Å²) >= 11 is 0. The lowest BCUT2D eigenvalue weighted by atomic mass is 10.2. The third-order valence-corrected chi connectivity index (χ3v) is 3.81. The normalized spacial score (nSPS) is 15.0. The highest BCUT2D eigenvalue weighted by Gasteiger charge is 2.16. The van der Waals surface area contributed by atoms with E-state index in [4.69, 9.17) is 4.74 Å². The topological polar surface area (TPSA) is 75.1 Å². The molecule has 0 unspecified atom stereocenters. The van der Waals surface area contributed by atoms with Crippen molar-refractivity contribution >= 4 is 23.2 Å². The van der Waals surface area contributed by atoms with Gasteiger partial charge in [-0.25, -0.2) is 0 Å². The van der Waals surface area contributed by atoms with Gasteiger partial charge in [-0.1, -0.05) is 0 Å². The Morgan fingerprint density at radius 3 is 2.39 bits per heavy atom. The smallest absolute Gasteiger partial charge is 0.313 e. The molecule has 0 atom stereocenters. The van der Waals surface area contributed by atoms with Gasteiger partial charge in [0.1, 0.15) is 13.1 Å². The SMILES string of the molecule is CN(C)c1ccc(NC(=O)C(=O)NCC[NH+]2CCOCC2)cc1. The van der Waals surface area contributed by atoms with Crippen molar-refractivity contribution in [2.45, 2.75) is 0 Å². The van der Waals surface area contributed by atoms with Gasteiger partial charge in [-0.05, 0) is 24.3 Å². The van der Waals surface area contributed by atoms with Crippen LogP contribution in [0.5, 0.6) is 0 Å². The Labute approximate surface area is 136 Å². The number of quaternary nitrogens is 1. The van der Waals surface area contributed by atoms with E-state index in [1.165, 1.54) is 4.90 Å². The lowest BCUT2D eigenvalue weighted by Crippen LogP contribution is -3.14. The highest BCUT2D eigenvalue weighted by Crippen LogP contribution is 2.15. The number of anilines is 2. The van der Waals surface area contributed by atoms with Crippen LogP contribution in [0.3, 0.4) is 0 Å². The first-order valence-corrected chi connectivity index (χ1v) is 7.84. The average Bonchev–Trinajstić information content (AvgIpc) is 2.56. The molecule has 0 radical (unpaired) electrons. The molecule has 1 fully saturated rings. The Hall–Kier alpha value is -2.12. The number of rotatable bonds is 5. The summed E-state index contributed by atoms with van der Waals surface area (Å²) < 4.78 is 5.28. The van der Waals surface area contributed by atoms with Gasteiger partial charge < -0.3 is 25.2 Å². The predicted molar refractivity (Wildman–Crippen MR) is 88.8 cm³/mol. The van der Waals surface area contributed by atoms with Gasteiger partial charge in [0.2, 0.25) is 0 Å². The van der Waals surface area contributed by atoms with Crippen molar-refractivity contribution in [1.29, 1.82) is 0 Å². The molecule has 1 saturated heterocycles. The molecular weight excluding hydrogens is 296 g/mol. The molecule has 0 aromatic heterocycles. The second-order valence-electron chi connectivity index (χ2n) is 5.76. The minimum absolute atomic E-state index is 0.487. The number of carbonyl (C=O) groups is 2. The third-order valence-electron chi connectivity index (χ3n) is 3.81. The van der Waals surface area contributed by atoms with Gasteiger partial charge in [-0.3, -0.25) is 9.59 Å². The maximum Gasteiger partial charge on any atom is 0.313 e. The zero-order valence-corrected chi connectivity index (χ0v) is 13.7. The first-order chi connectivity index (χ1) is 11.1. The fraction of sp³-hybridized carbons (Fsp3) is 0.500. The fourth-order valence-electron chi connectivity index (χ4n) is 2.37. The molecule has 23 heavy (non-hydrogen) atoms. The first kappa shape index (κ1) is 17.2. The molecule has 1 aromatic rings. The van der Waals surface area contributed by atoms with Gasteiger partial charge in [0.25, 0.3) is 0 Å². The molecule has 0 bridgehead atoms. The van der Waals surface area contributed by atoms with E-state index in [2.05, 4.69) is 10.6 Å². The summed E-state index contributed by atoms with van der Waals surface area (Å²) in [4.78, 5) is 27.0. The molecule has 7 nitrogen and oxygen atoms in total. The third kappa shape index (κ3) is 5.54. The van der Waals surface area contributed by atoms with E-state index >= 15 is 0 Å². The van der Waals surface area contributed by atoms with Crippen molar-refractivity contribution in [2.24, 2.45) is 0 Å². The summed E-state index contributed by atoms with van der Waals surface area (Å²) in [6.45, 7) is 4.70. The van der Waals surface area contributed by atoms with Crippen molar-refractivity contribution in [3.05, 3.63) is 24.3 Å². The summed E-state index contributed by atoms with van der Waals surface area (Å²) in [5.41, 5.74) is 1.63. The molecule has 2 amide bonds. The molecule has 0 saturated carbocycles. The number of ether oxygens (including phenoxy) is 1. The Kier molecular flexibility index (Phi) is 6.37. The number of hydrogen-bond acceptors (Lipinski definition) is 4. The number of amides is 2. The molecule has 1 aromatic carbocycles. The quantitative estimate of drug-likeness (QED) is 0.591. The molecule has 3 N–H and O–H groups in total. The molecule has 126 valence electrons. The highest BCUT2D eigenvalue weighted by atomic mass is 16.5. The van der Waals surface area contributed by atoms with E-state index in [9.17, 15) is 9.59 Å². The lowest BCUT2D eigenvalue weighted by molar-refractivity contribution is -0.906. The largest absolute Gasteiger partial charge is 0.378 e. The van der Waals surface area contributed by atoms with Crippen LogP contribution in [0, 0.1) is 0 Å². The number of nitrogens with zero attached hydrogens (tertiary/aromatic N) is 1. The van der Waals surface area contributed by atoms with E-state index in [1.54, 1.807) is 12.1 Å². The molecule has 2 rings (SSSR count). The van der Waals surface area contributed by atoms with Gasteiger partial charge in [0.05, 0.1) is 26.3 Å². The van der Waals surface area contributed by atoms with Crippen molar-refractivity contribution in [1.82, 2.24) is 5.32 Å². The Morgan fingerprint density at radius 1 is 1.13 bits per heavy atom. The number of morpholine rings is 1. The lowest BCUT2D eigenvalue weighted by Gasteiger charge is -2.23. The van der Waals surface area contributed by atoms with E-state index in [0.29, 0.717) is 12.2 Å². The van der Waals surface area contributed by atoms with Gasteiger partial charge in [-0.15, -0.1) is 0 Å². The summed E-state index contributed by atoms with van der Waals surface area (Å²) in [5, 5.41) is 5.26. The zero-order chi connectivity index (χ0) is 16.7. The van der Waals surface area contributed by atoms with Crippen LogP contribution in [-0.2, 0) is 14.3 Å². The maximum absolute atomic E-state index is 11.9. The van der Waals surface area contributed by atoms with Gasteiger partial charge in [0, 0.05) is 25.5 Å². The van der Waals surface area contributed by atoms with E-state index in [-0.39, 0.29) is 0 Å². The maximum atomic E-state index is 11.9. The molecule has 7 heteroatoms. The monoisotopic (exact) mass is 321 g/mol. The van der Waals surface area contributed by atoms with Crippen LogP contribution in [-0.4, -0.2) is 65.3 Å². The van der Waals surface area contributed by atoms with Crippen molar-refractivity contribution in [3.63, 3.8) is 0 Å². The first-order valence-electron chi connectivity index (χ1n) is 7.84. The van der Waals surface area contributed by atoms with Crippen molar-refractivity contribution < 1.29 is 19.2 Å². The van der Waals surface area contributed by atoms with Crippen molar-refractivity contribution in [2.75, 3.05) is 63.7 Å². The molecular formula is C16H25N4O3+. The van der Waals surface area contributed by atoms with Gasteiger partial charge >= 0.3 is 11.8 Å². The molecule has 0 spiro atoms. The minimum Gasteiger partial charge on any atom is -0.378 e. The molecule has 1 aliphatic rings. The fourth-order valence-corrected chi connectivity index (χ4v) is 2.37. The van der Waals surface area contributed by atoms with Crippen molar-refractivity contribution in [3.8, 4) is 0 Å². The summed E-state index contributed by atoms with van der Waals surface area (Å²) in [5.74, 6) is -1.24. The molecule has 1 heterocycles. The van der Waals surface area contributed by atoms with E-state index in [0.717, 1.165) is 38.5 Å². The number of carbonyl (C=O) groups excluding carboxylic acids is 2. The van der Waals surface area contributed by atoms with Crippen LogP contribution in [0.2, 0.25) is 0 Å². The van der Waals surface area contributed by atoms with Gasteiger partial charge in [0.15, 0.2) is 0 Å². The predicted octanol–water partition coefficient (Wildman–Crippen LogP) is -1.28. The summed E-state index contributed by atoms with van der Waals surface area (Å²) in [7, 11) is 3.88. The standard InChI is InChI=1S/C16H24N4O3/c1-19(2)14-5-3-13(4-6-14)18-16(22)15(21)17-7-8-20-9-11-23-12-10-20/h3-6H,7-12H2,1-2H3,(H,17,21)(H,18,22)/p+1. The van der Waals surface area contributed by atoms with Gasteiger partial charge in [-0.2, -0.15) is 0 Å². The van der Waals surface area contributed by atoms with Crippen LogP contribution >= 0.6 is 0 Å². The second kappa shape index (κ2) is 8.50. The van der Waals surface area contributed by atoms with Crippen LogP contribution in [0.1, 0.15) is 0 Å².